The summed E-state index contributed by atoms with van der Waals surface area (Å²) >= 11 is 0. The number of aromatic nitrogens is 3. The van der Waals surface area contributed by atoms with E-state index >= 15 is 0 Å². The standard InChI is InChI=1S/C62H41N3/c1-62(2)55-27-15-14-24-50(55)54-33-39(28-29-56(54)62)41-35-57(38-16-4-3-5-17-38)64-58(36-41)43-30-42(53-34-40-18-6-7-19-45(40)46-20-8-9-23-49(46)53)31-44(32-43)59-37-63-60-51-25-12-10-21-47(51)48-22-11-13-26-52(48)61(60)65-59/h3-37H,1-2H3. The summed E-state index contributed by atoms with van der Waals surface area (Å²) in [6.07, 6.45) is 1.95. The second kappa shape index (κ2) is 14.4. The second-order valence-electron chi connectivity index (χ2n) is 18.0. The quantitative estimate of drug-likeness (QED) is 0.162. The molecular weight excluding hydrogens is 787 g/mol. The molecule has 0 spiro atoms. The second-order valence-corrected chi connectivity index (χ2v) is 18.0. The maximum atomic E-state index is 5.52. The highest BCUT2D eigenvalue weighted by atomic mass is 14.8. The summed E-state index contributed by atoms with van der Waals surface area (Å²) in [4.78, 5) is 16.2. The number of hydrogen-bond acceptors (Lipinski definition) is 3. The Balaban J connectivity index is 1.07. The van der Waals surface area contributed by atoms with E-state index in [1.807, 2.05) is 6.20 Å². The fourth-order valence-electron chi connectivity index (χ4n) is 10.6. The zero-order chi connectivity index (χ0) is 43.2. The van der Waals surface area contributed by atoms with Gasteiger partial charge in [-0.3, -0.25) is 4.98 Å². The molecule has 0 amide bonds. The van der Waals surface area contributed by atoms with Crippen molar-refractivity contribution < 1.29 is 0 Å². The van der Waals surface area contributed by atoms with Crippen molar-refractivity contribution >= 4 is 54.1 Å². The largest absolute Gasteiger partial charge is 0.252 e. The first kappa shape index (κ1) is 37.3. The molecule has 1 aliphatic rings. The van der Waals surface area contributed by atoms with Crippen LogP contribution in [-0.4, -0.2) is 15.0 Å². The van der Waals surface area contributed by atoms with Crippen molar-refractivity contribution in [3.05, 3.63) is 224 Å². The first-order valence-corrected chi connectivity index (χ1v) is 22.4. The fraction of sp³-hybridized carbons (Fsp3) is 0.0484. The molecule has 0 N–H and O–H groups in total. The first-order chi connectivity index (χ1) is 32.0. The summed E-state index contributed by atoms with van der Waals surface area (Å²) in [5, 5.41) is 9.41. The van der Waals surface area contributed by atoms with Crippen LogP contribution in [0.2, 0.25) is 0 Å². The predicted molar refractivity (Wildman–Crippen MR) is 272 cm³/mol. The summed E-state index contributed by atoms with van der Waals surface area (Å²) in [5.41, 5.74) is 17.3. The fourth-order valence-corrected chi connectivity index (χ4v) is 10.6. The van der Waals surface area contributed by atoms with Crippen LogP contribution < -0.4 is 0 Å². The molecule has 0 saturated heterocycles. The number of rotatable bonds is 5. The van der Waals surface area contributed by atoms with E-state index in [0.29, 0.717) is 0 Å². The van der Waals surface area contributed by atoms with Gasteiger partial charge in [0.2, 0.25) is 0 Å². The molecule has 0 saturated carbocycles. The number of pyridine rings is 1. The van der Waals surface area contributed by atoms with Gasteiger partial charge in [0.05, 0.1) is 34.3 Å². The average Bonchev–Trinajstić information content (AvgIpc) is 3.61. The van der Waals surface area contributed by atoms with Gasteiger partial charge in [-0.05, 0) is 119 Å². The lowest BCUT2D eigenvalue weighted by molar-refractivity contribution is 0.660. The molecule has 3 heteroatoms. The predicted octanol–water partition coefficient (Wildman–Crippen LogP) is 16.3. The Morgan fingerprint density at radius 3 is 1.62 bits per heavy atom. The third-order valence-corrected chi connectivity index (χ3v) is 13.8. The Morgan fingerprint density at radius 1 is 0.308 bits per heavy atom. The Kier molecular flexibility index (Phi) is 8.25. The lowest BCUT2D eigenvalue weighted by atomic mass is 9.82. The zero-order valence-electron chi connectivity index (χ0n) is 36.0. The van der Waals surface area contributed by atoms with Gasteiger partial charge in [0.15, 0.2) is 0 Å². The van der Waals surface area contributed by atoms with Gasteiger partial charge in [-0.1, -0.05) is 178 Å². The normalized spacial score (nSPS) is 12.9. The van der Waals surface area contributed by atoms with Gasteiger partial charge < -0.3 is 0 Å². The van der Waals surface area contributed by atoms with Crippen molar-refractivity contribution in [1.82, 2.24) is 15.0 Å². The number of benzene rings is 10. The van der Waals surface area contributed by atoms with Crippen LogP contribution in [0.3, 0.4) is 0 Å². The van der Waals surface area contributed by atoms with Gasteiger partial charge in [0.1, 0.15) is 0 Å². The number of fused-ring (bicyclic) bond motifs is 12. The van der Waals surface area contributed by atoms with Gasteiger partial charge in [-0.2, -0.15) is 0 Å². The van der Waals surface area contributed by atoms with Crippen LogP contribution in [0.4, 0.5) is 0 Å². The van der Waals surface area contributed by atoms with Crippen LogP contribution in [0.1, 0.15) is 25.0 Å². The summed E-state index contributed by atoms with van der Waals surface area (Å²) < 4.78 is 0. The molecule has 2 aromatic heterocycles. The lowest BCUT2D eigenvalue weighted by Gasteiger charge is -2.21. The van der Waals surface area contributed by atoms with Gasteiger partial charge in [-0.25, -0.2) is 9.97 Å². The molecule has 13 rings (SSSR count). The highest BCUT2D eigenvalue weighted by Gasteiger charge is 2.35. The average molecular weight is 828 g/mol. The highest BCUT2D eigenvalue weighted by Crippen LogP contribution is 2.50. The summed E-state index contributed by atoms with van der Waals surface area (Å²) in [7, 11) is 0. The minimum Gasteiger partial charge on any atom is -0.252 e. The van der Waals surface area contributed by atoms with Crippen LogP contribution >= 0.6 is 0 Å². The Morgan fingerprint density at radius 2 is 0.862 bits per heavy atom. The van der Waals surface area contributed by atoms with Crippen LogP contribution in [0.25, 0.3) is 121 Å². The molecule has 0 radical (unpaired) electrons. The third kappa shape index (κ3) is 5.93. The molecule has 304 valence electrons. The zero-order valence-corrected chi connectivity index (χ0v) is 36.0. The molecule has 0 unspecified atom stereocenters. The maximum Gasteiger partial charge on any atom is 0.0979 e. The maximum absolute atomic E-state index is 5.52. The molecule has 10 aromatic carbocycles. The minimum absolute atomic E-state index is 0.0715. The summed E-state index contributed by atoms with van der Waals surface area (Å²) in [6, 6.07) is 74.7. The molecule has 12 aromatic rings. The van der Waals surface area contributed by atoms with Crippen molar-refractivity contribution in [2.75, 3.05) is 0 Å². The van der Waals surface area contributed by atoms with Crippen molar-refractivity contribution in [2.45, 2.75) is 19.3 Å². The van der Waals surface area contributed by atoms with Gasteiger partial charge in [0, 0.05) is 32.9 Å². The molecule has 0 aliphatic heterocycles. The molecule has 0 bridgehead atoms. The molecule has 0 fully saturated rings. The summed E-state index contributed by atoms with van der Waals surface area (Å²) in [5.74, 6) is 0. The van der Waals surface area contributed by atoms with Crippen LogP contribution in [-0.2, 0) is 5.41 Å². The first-order valence-electron chi connectivity index (χ1n) is 22.4. The topological polar surface area (TPSA) is 38.7 Å². The molecular formula is C62H41N3. The Labute approximate surface area is 377 Å². The van der Waals surface area contributed by atoms with Crippen LogP contribution in [0.5, 0.6) is 0 Å². The summed E-state index contributed by atoms with van der Waals surface area (Å²) in [6.45, 7) is 4.67. The monoisotopic (exact) mass is 827 g/mol. The van der Waals surface area contributed by atoms with Crippen molar-refractivity contribution in [2.24, 2.45) is 0 Å². The van der Waals surface area contributed by atoms with E-state index in [2.05, 4.69) is 220 Å². The SMILES string of the molecule is CC1(C)c2ccccc2-c2cc(-c3cc(-c4ccccc4)nc(-c4cc(-c5cnc6c7ccccc7c7ccccc7c6n5)cc(-c5cc6ccccc6c6ccccc56)c4)c3)ccc21. The number of nitrogens with zero attached hydrogens (tertiary/aromatic N) is 3. The van der Waals surface area contributed by atoms with E-state index in [1.54, 1.807) is 0 Å². The lowest BCUT2D eigenvalue weighted by Crippen LogP contribution is -2.14. The minimum atomic E-state index is -0.0715. The Bertz CT molecular complexity index is 3890. The van der Waals surface area contributed by atoms with E-state index in [1.165, 1.54) is 54.6 Å². The molecule has 2 heterocycles. The van der Waals surface area contributed by atoms with E-state index in [0.717, 1.165) is 77.8 Å². The van der Waals surface area contributed by atoms with E-state index < -0.39 is 0 Å². The van der Waals surface area contributed by atoms with E-state index in [-0.39, 0.29) is 5.41 Å². The molecule has 0 atom stereocenters. The van der Waals surface area contributed by atoms with Gasteiger partial charge >= 0.3 is 0 Å². The van der Waals surface area contributed by atoms with Gasteiger partial charge in [0.25, 0.3) is 0 Å². The third-order valence-electron chi connectivity index (χ3n) is 13.8. The van der Waals surface area contributed by atoms with Crippen molar-refractivity contribution in [1.29, 1.82) is 0 Å². The van der Waals surface area contributed by atoms with Crippen LogP contribution in [0, 0.1) is 0 Å². The number of hydrogen-bond donors (Lipinski definition) is 0. The highest BCUT2D eigenvalue weighted by molar-refractivity contribution is 6.23. The van der Waals surface area contributed by atoms with Gasteiger partial charge in [-0.15, -0.1) is 0 Å². The van der Waals surface area contributed by atoms with E-state index in [4.69, 9.17) is 15.0 Å². The van der Waals surface area contributed by atoms with Crippen molar-refractivity contribution in [3.8, 4) is 67.2 Å². The van der Waals surface area contributed by atoms with Crippen molar-refractivity contribution in [3.63, 3.8) is 0 Å². The molecule has 3 nitrogen and oxygen atoms in total. The molecule has 1 aliphatic carbocycles. The Hall–Kier alpha value is -8.27. The van der Waals surface area contributed by atoms with Crippen LogP contribution in [0.15, 0.2) is 212 Å². The smallest absolute Gasteiger partial charge is 0.0979 e. The van der Waals surface area contributed by atoms with E-state index in [9.17, 15) is 0 Å². The molecule has 65 heavy (non-hydrogen) atoms.